The fourth-order valence-corrected chi connectivity index (χ4v) is 6.63. The van der Waals surface area contributed by atoms with Gasteiger partial charge in [0.05, 0.1) is 0 Å². The zero-order valence-electron chi connectivity index (χ0n) is 38.5. The van der Waals surface area contributed by atoms with Gasteiger partial charge in [0.2, 0.25) is 0 Å². The van der Waals surface area contributed by atoms with Gasteiger partial charge in [-0.25, -0.2) is 0 Å². The van der Waals surface area contributed by atoms with Crippen LogP contribution in [0.3, 0.4) is 0 Å². The summed E-state index contributed by atoms with van der Waals surface area (Å²) < 4.78 is 16.7. The molecular formula is C53H90O6. The van der Waals surface area contributed by atoms with Crippen LogP contribution in [0.5, 0.6) is 0 Å². The van der Waals surface area contributed by atoms with E-state index in [0.29, 0.717) is 19.3 Å². The lowest BCUT2D eigenvalue weighted by molar-refractivity contribution is -0.167. The molecule has 0 spiro atoms. The number of carbonyl (C=O) groups excluding carboxylic acids is 3. The van der Waals surface area contributed by atoms with E-state index < -0.39 is 6.10 Å². The highest BCUT2D eigenvalue weighted by Crippen LogP contribution is 2.14. The number of hydrogen-bond donors (Lipinski definition) is 0. The van der Waals surface area contributed by atoms with E-state index in [-0.39, 0.29) is 31.1 Å². The summed E-state index contributed by atoms with van der Waals surface area (Å²) in [4.78, 5) is 37.9. The van der Waals surface area contributed by atoms with Crippen LogP contribution in [0.15, 0.2) is 72.9 Å². The number of carbonyl (C=O) groups is 3. The van der Waals surface area contributed by atoms with Crippen molar-refractivity contribution in [1.29, 1.82) is 0 Å². The lowest BCUT2D eigenvalue weighted by Crippen LogP contribution is -2.30. The molecular weight excluding hydrogens is 733 g/mol. The standard InChI is InChI=1S/C53H90O6/c1-4-7-10-13-16-19-22-25-27-29-31-34-37-40-43-46-52(55)58-49-50(48-57-51(54)45-42-39-36-33-30-24-21-18-15-12-9-6-3)59-53(56)47-44-41-38-35-32-28-26-23-20-17-14-11-8-5-2/h7,10,13,16,19,22,25,27-29,31-32,50H,4-6,8-9,11-12,14-15,17-18,20-21,23-24,26,30,33-49H2,1-3H3/b10-7-,16-13-,22-19-,27-25-,31-29-,32-28-. The average molecular weight is 823 g/mol. The second kappa shape index (κ2) is 47.5. The van der Waals surface area contributed by atoms with Crippen molar-refractivity contribution in [1.82, 2.24) is 0 Å². The summed E-state index contributed by atoms with van der Waals surface area (Å²) >= 11 is 0. The Kier molecular flexibility index (Phi) is 45.0. The highest BCUT2D eigenvalue weighted by Gasteiger charge is 2.19. The van der Waals surface area contributed by atoms with Crippen molar-refractivity contribution in [2.24, 2.45) is 0 Å². The number of allylic oxidation sites excluding steroid dienone is 12. The molecule has 1 atom stereocenters. The summed E-state index contributed by atoms with van der Waals surface area (Å²) in [6, 6.07) is 0. The van der Waals surface area contributed by atoms with Crippen molar-refractivity contribution in [2.45, 2.75) is 232 Å². The number of rotatable bonds is 43. The van der Waals surface area contributed by atoms with Gasteiger partial charge >= 0.3 is 17.9 Å². The van der Waals surface area contributed by atoms with Gasteiger partial charge in [0, 0.05) is 19.3 Å². The zero-order chi connectivity index (χ0) is 43.0. The highest BCUT2D eigenvalue weighted by molar-refractivity contribution is 5.71. The van der Waals surface area contributed by atoms with Crippen LogP contribution in [0.25, 0.3) is 0 Å². The maximum absolute atomic E-state index is 12.8. The van der Waals surface area contributed by atoms with Gasteiger partial charge in [-0.2, -0.15) is 0 Å². The van der Waals surface area contributed by atoms with Gasteiger partial charge in [0.25, 0.3) is 0 Å². The molecule has 0 saturated heterocycles. The Morgan fingerprint density at radius 2 is 0.678 bits per heavy atom. The fourth-order valence-electron chi connectivity index (χ4n) is 6.63. The van der Waals surface area contributed by atoms with Crippen molar-refractivity contribution in [3.63, 3.8) is 0 Å². The summed E-state index contributed by atoms with van der Waals surface area (Å²) in [5, 5.41) is 0. The third kappa shape index (κ3) is 45.8. The Labute approximate surface area is 363 Å². The minimum Gasteiger partial charge on any atom is -0.462 e. The van der Waals surface area contributed by atoms with Crippen LogP contribution in [-0.2, 0) is 28.6 Å². The minimum absolute atomic E-state index is 0.0940. The molecule has 0 aromatic rings. The first-order valence-electron chi connectivity index (χ1n) is 24.5. The number of unbranched alkanes of at least 4 members (excludes halogenated alkanes) is 24. The largest absolute Gasteiger partial charge is 0.462 e. The SMILES string of the molecule is CC\C=C/C=C\C=C/C=C\C=C/CCCCCC(=O)OCC(COC(=O)CCCCCCCCCCCCCC)OC(=O)CCCCC/C=C\CCCCCCCCC. The zero-order valence-corrected chi connectivity index (χ0v) is 38.5. The highest BCUT2D eigenvalue weighted by atomic mass is 16.6. The van der Waals surface area contributed by atoms with Gasteiger partial charge < -0.3 is 14.2 Å². The molecule has 1 unspecified atom stereocenters. The van der Waals surface area contributed by atoms with E-state index in [1.807, 2.05) is 48.6 Å². The molecule has 59 heavy (non-hydrogen) atoms. The van der Waals surface area contributed by atoms with E-state index in [4.69, 9.17) is 14.2 Å². The molecule has 0 saturated carbocycles. The molecule has 338 valence electrons. The molecule has 6 heteroatoms. The molecule has 0 aromatic carbocycles. The topological polar surface area (TPSA) is 78.9 Å². The Bertz CT molecular complexity index is 1130. The first-order valence-corrected chi connectivity index (χ1v) is 24.5. The molecule has 0 amide bonds. The van der Waals surface area contributed by atoms with Crippen molar-refractivity contribution >= 4 is 17.9 Å². The third-order valence-electron chi connectivity index (χ3n) is 10.3. The lowest BCUT2D eigenvalue weighted by Gasteiger charge is -2.18. The van der Waals surface area contributed by atoms with Gasteiger partial charge in [0.1, 0.15) is 13.2 Å². The maximum Gasteiger partial charge on any atom is 0.306 e. The molecule has 0 bridgehead atoms. The van der Waals surface area contributed by atoms with Gasteiger partial charge in [-0.3, -0.25) is 14.4 Å². The molecule has 0 radical (unpaired) electrons. The van der Waals surface area contributed by atoms with E-state index in [1.54, 1.807) is 0 Å². The Morgan fingerprint density at radius 1 is 0.356 bits per heavy atom. The van der Waals surface area contributed by atoms with Crippen LogP contribution in [0, 0.1) is 0 Å². The summed E-state index contributed by atoms with van der Waals surface area (Å²) in [7, 11) is 0. The van der Waals surface area contributed by atoms with Crippen LogP contribution < -0.4 is 0 Å². The van der Waals surface area contributed by atoms with Crippen LogP contribution in [-0.4, -0.2) is 37.2 Å². The molecule has 6 nitrogen and oxygen atoms in total. The van der Waals surface area contributed by atoms with Crippen LogP contribution in [0.1, 0.15) is 226 Å². The normalized spacial score (nSPS) is 12.7. The predicted octanol–water partition coefficient (Wildman–Crippen LogP) is 15.9. The second-order valence-corrected chi connectivity index (χ2v) is 16.1. The minimum atomic E-state index is -0.797. The first kappa shape index (κ1) is 55.9. The molecule has 0 rings (SSSR count). The molecule has 0 N–H and O–H groups in total. The first-order chi connectivity index (χ1) is 29.0. The van der Waals surface area contributed by atoms with E-state index in [9.17, 15) is 14.4 Å². The van der Waals surface area contributed by atoms with Gasteiger partial charge in [-0.15, -0.1) is 0 Å². The molecule has 0 aliphatic carbocycles. The summed E-state index contributed by atoms with van der Waals surface area (Å²) in [6.45, 7) is 6.43. The monoisotopic (exact) mass is 823 g/mol. The van der Waals surface area contributed by atoms with Gasteiger partial charge in [-0.1, -0.05) is 216 Å². The molecule has 0 aliphatic rings. The van der Waals surface area contributed by atoms with E-state index >= 15 is 0 Å². The second-order valence-electron chi connectivity index (χ2n) is 16.1. The van der Waals surface area contributed by atoms with E-state index in [0.717, 1.165) is 83.5 Å². The summed E-state index contributed by atoms with van der Waals surface area (Å²) in [5.41, 5.74) is 0. The maximum atomic E-state index is 12.8. The Balaban J connectivity index is 4.48. The number of ether oxygens (including phenoxy) is 3. The van der Waals surface area contributed by atoms with Crippen LogP contribution in [0.2, 0.25) is 0 Å². The van der Waals surface area contributed by atoms with Crippen molar-refractivity contribution in [3.05, 3.63) is 72.9 Å². The molecule has 0 aliphatic heterocycles. The lowest BCUT2D eigenvalue weighted by atomic mass is 10.0. The quantitative estimate of drug-likeness (QED) is 0.0200. The Morgan fingerprint density at radius 3 is 1.10 bits per heavy atom. The van der Waals surface area contributed by atoms with Crippen LogP contribution in [0.4, 0.5) is 0 Å². The van der Waals surface area contributed by atoms with Crippen molar-refractivity contribution in [3.8, 4) is 0 Å². The Hall–Kier alpha value is -3.15. The van der Waals surface area contributed by atoms with Gasteiger partial charge in [0.15, 0.2) is 6.10 Å². The van der Waals surface area contributed by atoms with Gasteiger partial charge in [-0.05, 0) is 64.2 Å². The predicted molar refractivity (Wildman–Crippen MR) is 251 cm³/mol. The summed E-state index contributed by atoms with van der Waals surface area (Å²) in [5.74, 6) is -0.954. The third-order valence-corrected chi connectivity index (χ3v) is 10.3. The van der Waals surface area contributed by atoms with Crippen molar-refractivity contribution < 1.29 is 28.6 Å². The van der Waals surface area contributed by atoms with E-state index in [1.165, 1.54) is 103 Å². The van der Waals surface area contributed by atoms with E-state index in [2.05, 4.69) is 45.1 Å². The number of esters is 3. The average Bonchev–Trinajstić information content (AvgIpc) is 3.23. The van der Waals surface area contributed by atoms with Crippen molar-refractivity contribution in [2.75, 3.05) is 13.2 Å². The smallest absolute Gasteiger partial charge is 0.306 e. The molecule has 0 fully saturated rings. The molecule has 0 aromatic heterocycles. The number of hydrogen-bond acceptors (Lipinski definition) is 6. The fraction of sp³-hybridized carbons (Fsp3) is 0.717. The summed E-state index contributed by atoms with van der Waals surface area (Å²) in [6.07, 6.45) is 58.8. The van der Waals surface area contributed by atoms with Crippen LogP contribution >= 0.6 is 0 Å². The molecule has 0 heterocycles.